The minimum atomic E-state index is -0.306. The summed E-state index contributed by atoms with van der Waals surface area (Å²) in [4.78, 5) is 13.7. The van der Waals surface area contributed by atoms with Crippen molar-refractivity contribution in [1.82, 2.24) is 0 Å². The molecule has 4 heteroatoms. The number of ether oxygens (including phenoxy) is 1. The predicted molar refractivity (Wildman–Crippen MR) is 85.4 cm³/mol. The fraction of sp³-hybridized carbons (Fsp3) is 0.188. The van der Waals surface area contributed by atoms with Gasteiger partial charge in [0.1, 0.15) is 0 Å². The van der Waals surface area contributed by atoms with Crippen LogP contribution in [0.4, 0.5) is 0 Å². The monoisotopic (exact) mass is 350 g/mol. The van der Waals surface area contributed by atoms with E-state index in [2.05, 4.69) is 35.0 Å². The molecule has 0 saturated heterocycles. The van der Waals surface area contributed by atoms with Crippen LogP contribution in [0.5, 0.6) is 0 Å². The molecule has 0 spiro atoms. The average Bonchev–Trinajstić information content (AvgIpc) is 2.49. The van der Waals surface area contributed by atoms with Crippen LogP contribution in [0.15, 0.2) is 56.7 Å². The number of rotatable bonds is 4. The molecule has 0 aliphatic heterocycles. The van der Waals surface area contributed by atoms with E-state index < -0.39 is 0 Å². The van der Waals surface area contributed by atoms with Gasteiger partial charge in [-0.2, -0.15) is 0 Å². The minimum absolute atomic E-state index is 0.306. The number of methoxy groups -OCH3 is 1. The van der Waals surface area contributed by atoms with Crippen molar-refractivity contribution in [3.8, 4) is 0 Å². The van der Waals surface area contributed by atoms with Crippen LogP contribution in [-0.4, -0.2) is 13.1 Å². The molecule has 2 aromatic carbocycles. The van der Waals surface area contributed by atoms with Crippen LogP contribution < -0.4 is 0 Å². The maximum Gasteiger partial charge on any atom is 0.337 e. The fourth-order valence-corrected chi connectivity index (χ4v) is 3.23. The number of halogens is 1. The predicted octanol–water partition coefficient (Wildman–Crippen LogP) is 4.95. The molecule has 20 heavy (non-hydrogen) atoms. The summed E-state index contributed by atoms with van der Waals surface area (Å²) in [7, 11) is 1.39. The van der Waals surface area contributed by atoms with Gasteiger partial charge >= 0.3 is 5.97 Å². The highest BCUT2D eigenvalue weighted by Gasteiger charge is 2.07. The highest BCUT2D eigenvalue weighted by Crippen LogP contribution is 2.32. The van der Waals surface area contributed by atoms with Gasteiger partial charge in [0.15, 0.2) is 0 Å². The van der Waals surface area contributed by atoms with E-state index in [1.807, 2.05) is 18.2 Å². The van der Waals surface area contributed by atoms with Gasteiger partial charge < -0.3 is 4.74 Å². The lowest BCUT2D eigenvalue weighted by molar-refractivity contribution is 0.0600. The van der Waals surface area contributed by atoms with Crippen molar-refractivity contribution < 1.29 is 9.53 Å². The van der Waals surface area contributed by atoms with Crippen molar-refractivity contribution in [2.24, 2.45) is 0 Å². The second kappa shape index (κ2) is 6.95. The lowest BCUT2D eigenvalue weighted by Gasteiger charge is -2.08. The SMILES string of the molecule is CCc1cc(Br)ccc1Sc1ccc(C(=O)OC)cc1. The van der Waals surface area contributed by atoms with Crippen LogP contribution >= 0.6 is 27.7 Å². The van der Waals surface area contributed by atoms with Crippen LogP contribution in [0.25, 0.3) is 0 Å². The number of hydrogen-bond acceptors (Lipinski definition) is 3. The van der Waals surface area contributed by atoms with Crippen LogP contribution in [0.3, 0.4) is 0 Å². The normalized spacial score (nSPS) is 10.3. The molecule has 0 fully saturated rings. The molecule has 0 N–H and O–H groups in total. The maximum absolute atomic E-state index is 11.4. The van der Waals surface area contributed by atoms with Gasteiger partial charge in [-0.25, -0.2) is 4.79 Å². The Hall–Kier alpha value is -1.26. The molecule has 0 amide bonds. The van der Waals surface area contributed by atoms with E-state index in [1.165, 1.54) is 17.6 Å². The van der Waals surface area contributed by atoms with Gasteiger partial charge in [0.25, 0.3) is 0 Å². The van der Waals surface area contributed by atoms with E-state index in [4.69, 9.17) is 4.74 Å². The van der Waals surface area contributed by atoms with Crippen molar-refractivity contribution in [2.75, 3.05) is 7.11 Å². The number of benzene rings is 2. The number of aryl methyl sites for hydroxylation is 1. The van der Waals surface area contributed by atoms with E-state index in [9.17, 15) is 4.79 Å². The topological polar surface area (TPSA) is 26.3 Å². The molecule has 104 valence electrons. The Labute approximate surface area is 131 Å². The highest BCUT2D eigenvalue weighted by atomic mass is 79.9. The Morgan fingerprint density at radius 3 is 2.50 bits per heavy atom. The van der Waals surface area contributed by atoms with E-state index in [0.717, 1.165) is 15.8 Å². The zero-order chi connectivity index (χ0) is 14.5. The molecule has 0 unspecified atom stereocenters. The van der Waals surface area contributed by atoms with Gasteiger partial charge in [-0.05, 0) is 54.4 Å². The first-order valence-corrected chi connectivity index (χ1v) is 7.89. The van der Waals surface area contributed by atoms with E-state index >= 15 is 0 Å². The molecule has 2 aromatic rings. The highest BCUT2D eigenvalue weighted by molar-refractivity contribution is 9.10. The summed E-state index contributed by atoms with van der Waals surface area (Å²) in [6, 6.07) is 13.8. The largest absolute Gasteiger partial charge is 0.465 e. The van der Waals surface area contributed by atoms with Crippen LogP contribution in [-0.2, 0) is 11.2 Å². The second-order valence-electron chi connectivity index (χ2n) is 4.22. The molecule has 0 atom stereocenters. The fourth-order valence-electron chi connectivity index (χ4n) is 1.83. The van der Waals surface area contributed by atoms with Crippen molar-refractivity contribution in [3.63, 3.8) is 0 Å². The van der Waals surface area contributed by atoms with Crippen LogP contribution in [0, 0.1) is 0 Å². The third-order valence-electron chi connectivity index (χ3n) is 2.91. The van der Waals surface area contributed by atoms with Gasteiger partial charge in [-0.3, -0.25) is 0 Å². The summed E-state index contributed by atoms with van der Waals surface area (Å²) in [5, 5.41) is 0. The summed E-state index contributed by atoms with van der Waals surface area (Å²) in [5.41, 5.74) is 1.88. The standard InChI is InChI=1S/C16H15BrO2S/c1-3-11-10-13(17)6-9-15(11)20-14-7-4-12(5-8-14)16(18)19-2/h4-10H,3H2,1-2H3. The molecule has 0 radical (unpaired) electrons. The summed E-state index contributed by atoms with van der Waals surface area (Å²) in [6.45, 7) is 2.15. The molecule has 2 nitrogen and oxygen atoms in total. The molecular weight excluding hydrogens is 336 g/mol. The average molecular weight is 351 g/mol. The van der Waals surface area contributed by atoms with Crippen molar-refractivity contribution in [3.05, 3.63) is 58.1 Å². The van der Waals surface area contributed by atoms with Gasteiger partial charge in [0.2, 0.25) is 0 Å². The number of carbonyl (C=O) groups excluding carboxylic acids is 1. The Morgan fingerprint density at radius 2 is 1.90 bits per heavy atom. The number of hydrogen-bond donors (Lipinski definition) is 0. The molecule has 0 bridgehead atoms. The van der Waals surface area contributed by atoms with E-state index in [1.54, 1.807) is 23.9 Å². The molecule has 2 rings (SSSR count). The first kappa shape index (κ1) is 15.1. The molecule has 0 aliphatic carbocycles. The summed E-state index contributed by atoms with van der Waals surface area (Å²) in [6.07, 6.45) is 0.988. The Balaban J connectivity index is 2.20. The first-order valence-electron chi connectivity index (χ1n) is 6.28. The van der Waals surface area contributed by atoms with E-state index in [0.29, 0.717) is 5.56 Å². The van der Waals surface area contributed by atoms with Crippen molar-refractivity contribution in [1.29, 1.82) is 0 Å². The van der Waals surface area contributed by atoms with Crippen LogP contribution in [0.2, 0.25) is 0 Å². The van der Waals surface area contributed by atoms with Gasteiger partial charge in [-0.15, -0.1) is 0 Å². The quantitative estimate of drug-likeness (QED) is 0.729. The second-order valence-corrected chi connectivity index (χ2v) is 6.25. The molecule has 0 aromatic heterocycles. The third-order valence-corrected chi connectivity index (χ3v) is 4.53. The molecule has 0 saturated carbocycles. The van der Waals surface area contributed by atoms with E-state index in [-0.39, 0.29) is 5.97 Å². The molecule has 0 heterocycles. The van der Waals surface area contributed by atoms with Gasteiger partial charge in [0, 0.05) is 14.3 Å². The third kappa shape index (κ3) is 3.64. The van der Waals surface area contributed by atoms with Gasteiger partial charge in [0.05, 0.1) is 12.7 Å². The van der Waals surface area contributed by atoms with Crippen molar-refractivity contribution in [2.45, 2.75) is 23.1 Å². The zero-order valence-corrected chi connectivity index (χ0v) is 13.8. The summed E-state index contributed by atoms with van der Waals surface area (Å²) < 4.78 is 5.79. The minimum Gasteiger partial charge on any atom is -0.465 e. The Bertz CT molecular complexity index is 608. The summed E-state index contributed by atoms with van der Waals surface area (Å²) >= 11 is 5.20. The lowest BCUT2D eigenvalue weighted by Crippen LogP contribution is -2.00. The van der Waals surface area contributed by atoms with Crippen LogP contribution in [0.1, 0.15) is 22.8 Å². The number of carbonyl (C=O) groups is 1. The smallest absolute Gasteiger partial charge is 0.337 e. The number of esters is 1. The molecule has 0 aliphatic rings. The first-order chi connectivity index (χ1) is 9.63. The maximum atomic E-state index is 11.4. The Morgan fingerprint density at radius 1 is 1.20 bits per heavy atom. The Kier molecular flexibility index (Phi) is 5.26. The summed E-state index contributed by atoms with van der Waals surface area (Å²) in [5.74, 6) is -0.306. The molecular formula is C16H15BrO2S. The lowest BCUT2D eigenvalue weighted by atomic mass is 10.2. The zero-order valence-electron chi connectivity index (χ0n) is 11.4. The van der Waals surface area contributed by atoms with Gasteiger partial charge in [-0.1, -0.05) is 34.6 Å². The van der Waals surface area contributed by atoms with Crippen molar-refractivity contribution >= 4 is 33.7 Å².